The maximum absolute atomic E-state index is 12.8. The number of hydrogen-bond acceptors (Lipinski definition) is 5. The summed E-state index contributed by atoms with van der Waals surface area (Å²) < 4.78 is 26.6. The fourth-order valence-corrected chi connectivity index (χ4v) is 4.89. The molecule has 0 unspecified atom stereocenters. The van der Waals surface area contributed by atoms with Crippen LogP contribution in [0.4, 0.5) is 17.1 Å². The second-order valence-electron chi connectivity index (χ2n) is 7.49. The minimum Gasteiger partial charge on any atom is -0.339 e. The number of carbonyl (C=O) groups excluding carboxylic acids is 1. The molecule has 0 fully saturated rings. The number of nitrogens with one attached hydrogen (secondary N) is 1. The Morgan fingerprint density at radius 1 is 1.03 bits per heavy atom. The number of likely N-dealkylation sites (N-methyl/N-ethyl adjacent to an activating group) is 1. The van der Waals surface area contributed by atoms with Crippen molar-refractivity contribution in [2.45, 2.75) is 11.3 Å². The molecule has 4 rings (SSSR count). The van der Waals surface area contributed by atoms with Crippen LogP contribution in [0.25, 0.3) is 0 Å². The summed E-state index contributed by atoms with van der Waals surface area (Å²) in [5.74, 6) is -0.440. The molecule has 8 heteroatoms. The van der Waals surface area contributed by atoms with Crippen molar-refractivity contribution in [2.24, 2.45) is 0 Å². The Bertz CT molecular complexity index is 1300. The van der Waals surface area contributed by atoms with Gasteiger partial charge >= 0.3 is 0 Å². The van der Waals surface area contributed by atoms with Crippen LogP contribution in [0.3, 0.4) is 0 Å². The Labute approximate surface area is 187 Å². The van der Waals surface area contributed by atoms with Gasteiger partial charge in [0.25, 0.3) is 0 Å². The number of nitriles is 1. The highest BCUT2D eigenvalue weighted by Crippen LogP contribution is 2.38. The highest BCUT2D eigenvalue weighted by atomic mass is 32.2. The lowest BCUT2D eigenvalue weighted by Crippen LogP contribution is -2.35. The van der Waals surface area contributed by atoms with Gasteiger partial charge in [-0.05, 0) is 54.4 Å². The molecule has 1 N–H and O–H groups in total. The molecular weight excluding hydrogens is 424 g/mol. The summed E-state index contributed by atoms with van der Waals surface area (Å²) in [6.45, 7) is 0.465. The molecule has 7 nitrogen and oxygen atoms in total. The van der Waals surface area contributed by atoms with E-state index in [-0.39, 0.29) is 11.4 Å². The van der Waals surface area contributed by atoms with E-state index in [1.54, 1.807) is 0 Å². The van der Waals surface area contributed by atoms with Crippen molar-refractivity contribution in [3.8, 4) is 6.07 Å². The van der Waals surface area contributed by atoms with Gasteiger partial charge < -0.3 is 10.2 Å². The summed E-state index contributed by atoms with van der Waals surface area (Å²) in [5, 5.41) is 11.7. The predicted molar refractivity (Wildman–Crippen MR) is 123 cm³/mol. The minimum atomic E-state index is -3.86. The van der Waals surface area contributed by atoms with Gasteiger partial charge in [-0.2, -0.15) is 9.57 Å². The zero-order valence-electron chi connectivity index (χ0n) is 17.5. The number of nitrogens with zero attached hydrogens (tertiary/aromatic N) is 3. The molecule has 0 saturated carbocycles. The fourth-order valence-electron chi connectivity index (χ4n) is 3.76. The third-order valence-electron chi connectivity index (χ3n) is 5.41. The Morgan fingerprint density at radius 2 is 1.69 bits per heavy atom. The van der Waals surface area contributed by atoms with Gasteiger partial charge in [0.2, 0.25) is 15.9 Å². The van der Waals surface area contributed by atoms with Crippen LogP contribution in [0.5, 0.6) is 0 Å². The molecule has 32 heavy (non-hydrogen) atoms. The first-order valence-electron chi connectivity index (χ1n) is 10.1. The molecule has 0 spiro atoms. The molecule has 0 aromatic heterocycles. The van der Waals surface area contributed by atoms with Gasteiger partial charge in [-0.1, -0.05) is 30.3 Å². The molecule has 0 radical (unpaired) electrons. The topological polar surface area (TPSA) is 93.5 Å². The van der Waals surface area contributed by atoms with Crippen LogP contribution in [-0.2, 0) is 21.2 Å². The number of hydrogen-bond donors (Lipinski definition) is 1. The molecule has 1 heterocycles. The number of para-hydroxylation sites is 3. The van der Waals surface area contributed by atoms with Crippen LogP contribution < -0.4 is 10.2 Å². The molecule has 0 saturated heterocycles. The molecule has 1 amide bonds. The summed E-state index contributed by atoms with van der Waals surface area (Å²) in [5.41, 5.74) is 4.21. The number of sulfonamides is 1. The number of amides is 1. The highest BCUT2D eigenvalue weighted by molar-refractivity contribution is 7.89. The first-order valence-corrected chi connectivity index (χ1v) is 11.5. The minimum absolute atomic E-state index is 0.0286. The lowest BCUT2D eigenvalue weighted by Gasteiger charge is -2.23. The van der Waals surface area contributed by atoms with E-state index in [1.165, 1.54) is 36.9 Å². The predicted octanol–water partition coefficient (Wildman–Crippen LogP) is 3.51. The molecule has 1 aliphatic rings. The second-order valence-corrected chi connectivity index (χ2v) is 9.54. The number of fused-ring (bicyclic) bond motifs is 1. The number of anilines is 3. The van der Waals surface area contributed by atoms with Gasteiger partial charge in [0.15, 0.2) is 0 Å². The zero-order valence-corrected chi connectivity index (χ0v) is 18.3. The molecule has 0 atom stereocenters. The fraction of sp³-hybridized carbons (Fsp3) is 0.167. The summed E-state index contributed by atoms with van der Waals surface area (Å²) >= 11 is 0. The van der Waals surface area contributed by atoms with E-state index in [1.807, 2.05) is 42.5 Å². The normalized spacial score (nSPS) is 13.0. The molecule has 3 aromatic rings. The molecular formula is C24H22N4O3S. The van der Waals surface area contributed by atoms with E-state index in [9.17, 15) is 13.2 Å². The first-order chi connectivity index (χ1) is 15.4. The van der Waals surface area contributed by atoms with E-state index < -0.39 is 15.9 Å². The van der Waals surface area contributed by atoms with E-state index in [0.717, 1.165) is 28.6 Å². The van der Waals surface area contributed by atoms with E-state index >= 15 is 0 Å². The first kappa shape index (κ1) is 21.6. The Kier molecular flexibility index (Phi) is 5.95. The number of rotatable bonds is 6. The van der Waals surface area contributed by atoms with Gasteiger partial charge in [0.05, 0.1) is 34.4 Å². The smallest absolute Gasteiger partial charge is 0.243 e. The highest BCUT2D eigenvalue weighted by Gasteiger charge is 2.25. The van der Waals surface area contributed by atoms with Crippen LogP contribution in [0, 0.1) is 11.3 Å². The molecule has 0 bridgehead atoms. The monoisotopic (exact) mass is 446 g/mol. The van der Waals surface area contributed by atoms with E-state index in [0.29, 0.717) is 11.3 Å². The van der Waals surface area contributed by atoms with Gasteiger partial charge in [-0.3, -0.25) is 4.79 Å². The van der Waals surface area contributed by atoms with Crippen molar-refractivity contribution < 1.29 is 13.2 Å². The van der Waals surface area contributed by atoms with Crippen molar-refractivity contribution in [2.75, 3.05) is 30.4 Å². The number of carbonyl (C=O) groups is 1. The lowest BCUT2D eigenvalue weighted by atomic mass is 10.2. The third kappa shape index (κ3) is 4.21. The van der Waals surface area contributed by atoms with Crippen LogP contribution in [0.2, 0.25) is 0 Å². The average molecular weight is 447 g/mol. The van der Waals surface area contributed by atoms with Gasteiger partial charge in [-0.25, -0.2) is 8.42 Å². The second kappa shape index (κ2) is 8.83. The Hall–Kier alpha value is -3.67. The van der Waals surface area contributed by atoms with Crippen molar-refractivity contribution >= 4 is 33.0 Å². The van der Waals surface area contributed by atoms with Crippen molar-refractivity contribution in [3.05, 3.63) is 83.9 Å². The van der Waals surface area contributed by atoms with Crippen molar-refractivity contribution in [1.29, 1.82) is 5.26 Å². The van der Waals surface area contributed by atoms with Gasteiger partial charge in [0.1, 0.15) is 0 Å². The summed E-state index contributed by atoms with van der Waals surface area (Å²) in [4.78, 5) is 14.9. The summed E-state index contributed by atoms with van der Waals surface area (Å²) in [6, 6.07) is 23.2. The quantitative estimate of drug-likeness (QED) is 0.625. The van der Waals surface area contributed by atoms with E-state index in [2.05, 4.69) is 22.3 Å². The van der Waals surface area contributed by atoms with Gasteiger partial charge in [0, 0.05) is 19.3 Å². The van der Waals surface area contributed by atoms with Crippen LogP contribution in [0.1, 0.15) is 11.1 Å². The van der Waals surface area contributed by atoms with Crippen LogP contribution in [0.15, 0.2) is 77.7 Å². The standard InChI is InChI=1S/C24H22N4O3S/c1-27(32(30,31)20-12-10-18(16-25)11-13-20)17-24(29)26-21-7-3-5-9-23(21)28-15-14-19-6-2-4-8-22(19)28/h2-13H,14-15,17H2,1H3,(H,26,29). The van der Waals surface area contributed by atoms with Crippen LogP contribution >= 0.6 is 0 Å². The van der Waals surface area contributed by atoms with E-state index in [4.69, 9.17) is 5.26 Å². The zero-order chi connectivity index (χ0) is 22.7. The maximum Gasteiger partial charge on any atom is 0.243 e. The summed E-state index contributed by atoms with van der Waals surface area (Å²) in [6.07, 6.45) is 0.921. The molecule has 162 valence electrons. The van der Waals surface area contributed by atoms with Crippen molar-refractivity contribution in [3.63, 3.8) is 0 Å². The Morgan fingerprint density at radius 3 is 2.41 bits per heavy atom. The van der Waals surface area contributed by atoms with Crippen molar-refractivity contribution in [1.82, 2.24) is 4.31 Å². The lowest BCUT2D eigenvalue weighted by molar-refractivity contribution is -0.116. The van der Waals surface area contributed by atoms with Crippen LogP contribution in [-0.4, -0.2) is 38.8 Å². The molecule has 3 aromatic carbocycles. The molecule has 1 aliphatic heterocycles. The Balaban J connectivity index is 1.50. The maximum atomic E-state index is 12.8. The molecule has 0 aliphatic carbocycles. The SMILES string of the molecule is CN(CC(=O)Nc1ccccc1N1CCc2ccccc21)S(=O)(=O)c1ccc(C#N)cc1. The largest absolute Gasteiger partial charge is 0.339 e. The summed E-state index contributed by atoms with van der Waals surface area (Å²) in [7, 11) is -2.51. The number of benzene rings is 3. The van der Waals surface area contributed by atoms with Gasteiger partial charge in [-0.15, -0.1) is 0 Å². The third-order valence-corrected chi connectivity index (χ3v) is 7.23. The average Bonchev–Trinajstić information content (AvgIpc) is 3.23.